The SMILES string of the molecule is CCC(N)Cn1c(C2CC2)nc2cc(C)c(C)cc21. The minimum atomic E-state index is 0.219. The summed E-state index contributed by atoms with van der Waals surface area (Å²) in [6.45, 7) is 7.36. The molecule has 1 aromatic heterocycles. The van der Waals surface area contributed by atoms with Crippen molar-refractivity contribution in [1.82, 2.24) is 9.55 Å². The van der Waals surface area contributed by atoms with Crippen LogP contribution >= 0.6 is 0 Å². The summed E-state index contributed by atoms with van der Waals surface area (Å²) in [4.78, 5) is 4.87. The van der Waals surface area contributed by atoms with Crippen molar-refractivity contribution in [2.45, 2.75) is 58.5 Å². The summed E-state index contributed by atoms with van der Waals surface area (Å²) >= 11 is 0. The molecule has 1 heterocycles. The molecule has 102 valence electrons. The molecule has 2 N–H and O–H groups in total. The number of fused-ring (bicyclic) bond motifs is 1. The zero-order valence-corrected chi connectivity index (χ0v) is 12.1. The van der Waals surface area contributed by atoms with E-state index >= 15 is 0 Å². The van der Waals surface area contributed by atoms with E-state index in [-0.39, 0.29) is 6.04 Å². The minimum Gasteiger partial charge on any atom is -0.326 e. The van der Waals surface area contributed by atoms with Gasteiger partial charge in [0.2, 0.25) is 0 Å². The number of benzene rings is 1. The number of aryl methyl sites for hydroxylation is 2. The van der Waals surface area contributed by atoms with Gasteiger partial charge in [-0.15, -0.1) is 0 Å². The van der Waals surface area contributed by atoms with Crippen LogP contribution < -0.4 is 5.73 Å². The van der Waals surface area contributed by atoms with Gasteiger partial charge in [-0.1, -0.05) is 6.92 Å². The molecule has 3 heteroatoms. The Morgan fingerprint density at radius 2 is 2.00 bits per heavy atom. The van der Waals surface area contributed by atoms with Gasteiger partial charge in [-0.25, -0.2) is 4.98 Å². The molecule has 1 fully saturated rings. The first kappa shape index (κ1) is 12.7. The first-order valence-electron chi connectivity index (χ1n) is 7.33. The number of hydrogen-bond donors (Lipinski definition) is 1. The van der Waals surface area contributed by atoms with Crippen LogP contribution in [0.5, 0.6) is 0 Å². The Balaban J connectivity index is 2.14. The molecule has 1 saturated carbocycles. The summed E-state index contributed by atoms with van der Waals surface area (Å²) in [6.07, 6.45) is 3.57. The minimum absolute atomic E-state index is 0.219. The predicted octanol–water partition coefficient (Wildman–Crippen LogP) is 3.27. The summed E-state index contributed by atoms with van der Waals surface area (Å²) in [5, 5.41) is 0. The molecule has 1 unspecified atom stereocenters. The second kappa shape index (κ2) is 4.64. The van der Waals surface area contributed by atoms with Crippen molar-refractivity contribution in [3.63, 3.8) is 0 Å². The van der Waals surface area contributed by atoms with Crippen molar-refractivity contribution >= 4 is 11.0 Å². The Labute approximate surface area is 114 Å². The van der Waals surface area contributed by atoms with Crippen LogP contribution in [0.2, 0.25) is 0 Å². The highest BCUT2D eigenvalue weighted by molar-refractivity contribution is 5.78. The largest absolute Gasteiger partial charge is 0.326 e. The van der Waals surface area contributed by atoms with Gasteiger partial charge in [0.1, 0.15) is 5.82 Å². The first-order valence-corrected chi connectivity index (χ1v) is 7.33. The van der Waals surface area contributed by atoms with Gasteiger partial charge in [0.25, 0.3) is 0 Å². The third kappa shape index (κ3) is 2.27. The van der Waals surface area contributed by atoms with Crippen LogP contribution in [-0.4, -0.2) is 15.6 Å². The van der Waals surface area contributed by atoms with E-state index in [4.69, 9.17) is 10.7 Å². The van der Waals surface area contributed by atoms with Crippen LogP contribution in [0, 0.1) is 13.8 Å². The summed E-state index contributed by atoms with van der Waals surface area (Å²) < 4.78 is 2.37. The van der Waals surface area contributed by atoms with E-state index in [0.717, 1.165) is 18.5 Å². The Morgan fingerprint density at radius 1 is 1.32 bits per heavy atom. The van der Waals surface area contributed by atoms with Crippen molar-refractivity contribution in [2.75, 3.05) is 0 Å². The standard InChI is InChI=1S/C16H23N3/c1-4-13(17)9-19-15-8-11(3)10(2)7-14(15)18-16(19)12-5-6-12/h7-8,12-13H,4-6,9,17H2,1-3H3. The van der Waals surface area contributed by atoms with Gasteiger partial charge in [0, 0.05) is 18.5 Å². The van der Waals surface area contributed by atoms with E-state index < -0.39 is 0 Å². The molecule has 2 aromatic rings. The molecule has 0 amide bonds. The van der Waals surface area contributed by atoms with E-state index in [1.165, 1.54) is 35.3 Å². The smallest absolute Gasteiger partial charge is 0.113 e. The molecular weight excluding hydrogens is 234 g/mol. The normalized spacial score (nSPS) is 17.1. The molecule has 0 bridgehead atoms. The van der Waals surface area contributed by atoms with Gasteiger partial charge in [-0.3, -0.25) is 0 Å². The van der Waals surface area contributed by atoms with E-state index in [1.807, 2.05) is 0 Å². The fourth-order valence-corrected chi connectivity index (χ4v) is 2.61. The van der Waals surface area contributed by atoms with Crippen molar-refractivity contribution in [2.24, 2.45) is 5.73 Å². The van der Waals surface area contributed by atoms with Gasteiger partial charge in [-0.05, 0) is 56.4 Å². The number of imidazole rings is 1. The summed E-state index contributed by atoms with van der Waals surface area (Å²) in [5.41, 5.74) is 11.2. The lowest BCUT2D eigenvalue weighted by molar-refractivity contribution is 0.533. The lowest BCUT2D eigenvalue weighted by Crippen LogP contribution is -2.26. The van der Waals surface area contributed by atoms with E-state index in [2.05, 4.69) is 37.5 Å². The number of hydrogen-bond acceptors (Lipinski definition) is 2. The summed E-state index contributed by atoms with van der Waals surface area (Å²) in [7, 11) is 0. The van der Waals surface area contributed by atoms with Crippen LogP contribution in [0.25, 0.3) is 11.0 Å². The molecular formula is C16H23N3. The zero-order chi connectivity index (χ0) is 13.6. The average molecular weight is 257 g/mol. The molecule has 0 aliphatic heterocycles. The first-order chi connectivity index (χ1) is 9.10. The maximum absolute atomic E-state index is 6.16. The van der Waals surface area contributed by atoms with Gasteiger partial charge >= 0.3 is 0 Å². The lowest BCUT2D eigenvalue weighted by Gasteiger charge is -2.14. The van der Waals surface area contributed by atoms with Crippen molar-refractivity contribution in [1.29, 1.82) is 0 Å². The van der Waals surface area contributed by atoms with Gasteiger partial charge in [0.05, 0.1) is 11.0 Å². The van der Waals surface area contributed by atoms with Crippen LogP contribution in [0.1, 0.15) is 49.1 Å². The van der Waals surface area contributed by atoms with Crippen molar-refractivity contribution < 1.29 is 0 Å². The molecule has 19 heavy (non-hydrogen) atoms. The predicted molar refractivity (Wildman–Crippen MR) is 79.4 cm³/mol. The number of nitrogens with two attached hydrogens (primary N) is 1. The molecule has 1 atom stereocenters. The maximum Gasteiger partial charge on any atom is 0.113 e. The van der Waals surface area contributed by atoms with Crippen LogP contribution in [-0.2, 0) is 6.54 Å². The molecule has 1 aliphatic carbocycles. The Hall–Kier alpha value is -1.35. The summed E-state index contributed by atoms with van der Waals surface area (Å²) in [5.74, 6) is 1.92. The highest BCUT2D eigenvalue weighted by atomic mass is 15.1. The maximum atomic E-state index is 6.16. The van der Waals surface area contributed by atoms with Crippen molar-refractivity contribution in [3.8, 4) is 0 Å². The Kier molecular flexibility index (Phi) is 3.09. The monoisotopic (exact) mass is 257 g/mol. The molecule has 0 spiro atoms. The third-order valence-electron chi connectivity index (χ3n) is 4.28. The summed E-state index contributed by atoms with van der Waals surface area (Å²) in [6, 6.07) is 4.70. The number of nitrogens with zero attached hydrogens (tertiary/aromatic N) is 2. The Morgan fingerprint density at radius 3 is 2.63 bits per heavy atom. The molecule has 3 rings (SSSR count). The van der Waals surface area contributed by atoms with Gasteiger partial charge in [0.15, 0.2) is 0 Å². The fraction of sp³-hybridized carbons (Fsp3) is 0.562. The molecule has 0 saturated heterocycles. The number of rotatable bonds is 4. The molecule has 1 aromatic carbocycles. The van der Waals surface area contributed by atoms with Crippen LogP contribution in [0.4, 0.5) is 0 Å². The quantitative estimate of drug-likeness (QED) is 0.913. The Bertz CT molecular complexity index is 608. The third-order valence-corrected chi connectivity index (χ3v) is 4.28. The number of aromatic nitrogens is 2. The molecule has 1 aliphatic rings. The van der Waals surface area contributed by atoms with Gasteiger partial charge in [-0.2, -0.15) is 0 Å². The van der Waals surface area contributed by atoms with Crippen molar-refractivity contribution in [3.05, 3.63) is 29.1 Å². The van der Waals surface area contributed by atoms with E-state index in [9.17, 15) is 0 Å². The molecule has 3 nitrogen and oxygen atoms in total. The highest BCUT2D eigenvalue weighted by Crippen LogP contribution is 2.41. The van der Waals surface area contributed by atoms with Gasteiger partial charge < -0.3 is 10.3 Å². The zero-order valence-electron chi connectivity index (χ0n) is 12.1. The average Bonchev–Trinajstić information content (AvgIpc) is 3.17. The lowest BCUT2D eigenvalue weighted by atomic mass is 10.1. The van der Waals surface area contributed by atoms with Crippen LogP contribution in [0.3, 0.4) is 0 Å². The topological polar surface area (TPSA) is 43.8 Å². The van der Waals surface area contributed by atoms with Crippen LogP contribution in [0.15, 0.2) is 12.1 Å². The van der Waals surface area contributed by atoms with E-state index in [1.54, 1.807) is 0 Å². The van der Waals surface area contributed by atoms with E-state index in [0.29, 0.717) is 5.92 Å². The second-order valence-corrected chi connectivity index (χ2v) is 5.95. The second-order valence-electron chi connectivity index (χ2n) is 5.95. The highest BCUT2D eigenvalue weighted by Gasteiger charge is 2.30. The molecule has 0 radical (unpaired) electrons. The fourth-order valence-electron chi connectivity index (χ4n) is 2.61.